The fourth-order valence-electron chi connectivity index (χ4n) is 3.25. The van der Waals surface area contributed by atoms with Crippen molar-refractivity contribution in [3.8, 4) is 17.2 Å². The predicted octanol–water partition coefficient (Wildman–Crippen LogP) is 5.35. The van der Waals surface area contributed by atoms with Gasteiger partial charge in [0.1, 0.15) is 0 Å². The number of carbonyl (C=O) groups is 1. The lowest BCUT2D eigenvalue weighted by Gasteiger charge is -2.08. The topological polar surface area (TPSA) is 70.7 Å². The van der Waals surface area contributed by atoms with Gasteiger partial charge in [0.25, 0.3) is 0 Å². The maximum Gasteiger partial charge on any atom is 0.234 e. The first-order chi connectivity index (χ1) is 14.7. The summed E-state index contributed by atoms with van der Waals surface area (Å²) in [5, 5.41) is 12.6. The monoisotopic (exact) mass is 412 g/mol. The molecule has 4 aromatic rings. The molecule has 0 aliphatic carbocycles. The van der Waals surface area contributed by atoms with E-state index in [0.717, 1.165) is 33.0 Å². The number of thioether (sulfide) groups is 1. The highest BCUT2D eigenvalue weighted by Gasteiger charge is 2.13. The van der Waals surface area contributed by atoms with Crippen LogP contribution in [0.25, 0.3) is 22.2 Å². The molecule has 1 heterocycles. The molecule has 1 N–H and O–H groups in total. The Bertz CT molecular complexity index is 1190. The van der Waals surface area contributed by atoms with E-state index in [9.17, 15) is 4.79 Å². The van der Waals surface area contributed by atoms with Gasteiger partial charge < -0.3 is 9.88 Å². The molecule has 0 atom stereocenters. The van der Waals surface area contributed by atoms with Crippen molar-refractivity contribution in [2.45, 2.75) is 18.1 Å². The zero-order valence-corrected chi connectivity index (χ0v) is 17.1. The Balaban J connectivity index is 1.41. The lowest BCUT2D eigenvalue weighted by molar-refractivity contribution is -0.113. The van der Waals surface area contributed by atoms with E-state index in [1.54, 1.807) is 0 Å². The number of amides is 1. The third-order valence-corrected chi connectivity index (χ3v) is 5.65. The van der Waals surface area contributed by atoms with Gasteiger partial charge in [0.15, 0.2) is 5.16 Å². The van der Waals surface area contributed by atoms with E-state index in [1.807, 2.05) is 71.3 Å². The Hall–Kier alpha value is -3.56. The number of aromatic nitrogens is 2. The third kappa shape index (κ3) is 4.53. The molecule has 30 heavy (non-hydrogen) atoms. The Kier molecular flexibility index (Phi) is 6.11. The number of para-hydroxylation sites is 2. The quantitative estimate of drug-likeness (QED) is 0.416. The highest BCUT2D eigenvalue weighted by Crippen LogP contribution is 2.25. The predicted molar refractivity (Wildman–Crippen MR) is 121 cm³/mol. The van der Waals surface area contributed by atoms with E-state index in [0.29, 0.717) is 13.0 Å². The Morgan fingerprint density at radius 1 is 0.967 bits per heavy atom. The number of hydrogen-bond donors (Lipinski definition) is 1. The molecule has 1 amide bonds. The van der Waals surface area contributed by atoms with E-state index >= 15 is 0 Å². The maximum absolute atomic E-state index is 12.5. The van der Waals surface area contributed by atoms with Crippen LogP contribution in [-0.4, -0.2) is 21.2 Å². The number of hydrogen-bond acceptors (Lipinski definition) is 4. The third-order valence-electron chi connectivity index (χ3n) is 4.67. The summed E-state index contributed by atoms with van der Waals surface area (Å²) in [5.41, 5.74) is 4.86. The number of aryl methyl sites for hydroxylation is 1. The van der Waals surface area contributed by atoms with E-state index in [4.69, 9.17) is 5.26 Å². The number of nitrogens with one attached hydrogen (secondary N) is 1. The van der Waals surface area contributed by atoms with Crippen molar-refractivity contribution in [2.24, 2.45) is 0 Å². The smallest absolute Gasteiger partial charge is 0.234 e. The van der Waals surface area contributed by atoms with E-state index < -0.39 is 0 Å². The minimum atomic E-state index is -0.0913. The standard InChI is InChI=1S/C24H20N4OS/c25-15-6-16-28-22-10-5-4-9-21(22)27-24(28)30-17-23(29)26-20-13-11-19(12-14-20)18-7-2-1-3-8-18/h1-5,7-14H,6,16-17H2,(H,26,29). The SMILES string of the molecule is N#CCCn1c(SCC(=O)Nc2ccc(-c3ccccc3)cc2)nc2ccccc21. The van der Waals surface area contributed by atoms with Crippen LogP contribution < -0.4 is 5.32 Å². The Labute approximate surface area is 179 Å². The van der Waals surface area contributed by atoms with E-state index in [-0.39, 0.29) is 11.7 Å². The van der Waals surface area contributed by atoms with Crippen molar-refractivity contribution in [2.75, 3.05) is 11.1 Å². The molecule has 1 aromatic heterocycles. The molecule has 4 rings (SSSR count). The van der Waals surface area contributed by atoms with Crippen molar-refractivity contribution in [3.05, 3.63) is 78.9 Å². The van der Waals surface area contributed by atoms with Crippen LogP contribution >= 0.6 is 11.8 Å². The van der Waals surface area contributed by atoms with Gasteiger partial charge in [-0.3, -0.25) is 4.79 Å². The number of anilines is 1. The fraction of sp³-hybridized carbons (Fsp3) is 0.125. The van der Waals surface area contributed by atoms with Gasteiger partial charge in [-0.25, -0.2) is 4.98 Å². The molecule has 0 unspecified atom stereocenters. The van der Waals surface area contributed by atoms with Crippen LogP contribution in [0, 0.1) is 11.3 Å². The van der Waals surface area contributed by atoms with Gasteiger partial charge in [0, 0.05) is 12.2 Å². The van der Waals surface area contributed by atoms with Crippen LogP contribution in [0.5, 0.6) is 0 Å². The summed E-state index contributed by atoms with van der Waals surface area (Å²) in [4.78, 5) is 17.1. The number of nitrogens with zero attached hydrogens (tertiary/aromatic N) is 3. The maximum atomic E-state index is 12.5. The number of nitriles is 1. The second-order valence-electron chi connectivity index (χ2n) is 6.72. The number of benzene rings is 3. The Morgan fingerprint density at radius 2 is 1.67 bits per heavy atom. The second-order valence-corrected chi connectivity index (χ2v) is 7.67. The minimum Gasteiger partial charge on any atom is -0.325 e. The number of carbonyl (C=O) groups excluding carboxylic acids is 1. The molecule has 0 aliphatic heterocycles. The number of imidazole rings is 1. The molecule has 0 saturated heterocycles. The molecule has 0 spiro atoms. The van der Waals surface area contributed by atoms with Crippen LogP contribution in [0.1, 0.15) is 6.42 Å². The Morgan fingerprint density at radius 3 is 2.43 bits per heavy atom. The van der Waals surface area contributed by atoms with Crippen molar-refractivity contribution < 1.29 is 4.79 Å². The number of fused-ring (bicyclic) bond motifs is 1. The average molecular weight is 413 g/mol. The molecule has 0 radical (unpaired) electrons. The molecule has 148 valence electrons. The molecule has 0 fully saturated rings. The molecule has 5 nitrogen and oxygen atoms in total. The highest BCUT2D eigenvalue weighted by molar-refractivity contribution is 7.99. The van der Waals surface area contributed by atoms with Crippen molar-refractivity contribution in [3.63, 3.8) is 0 Å². The molecule has 0 aliphatic rings. The largest absolute Gasteiger partial charge is 0.325 e. The van der Waals surface area contributed by atoms with Gasteiger partial charge in [-0.05, 0) is 35.4 Å². The second kappa shape index (κ2) is 9.29. The molecular formula is C24H20N4OS. The van der Waals surface area contributed by atoms with Gasteiger partial charge in [0.2, 0.25) is 5.91 Å². The number of rotatable bonds is 7. The van der Waals surface area contributed by atoms with Crippen LogP contribution in [0.4, 0.5) is 5.69 Å². The molecule has 3 aromatic carbocycles. The lowest BCUT2D eigenvalue weighted by Crippen LogP contribution is -2.14. The van der Waals surface area contributed by atoms with Crippen molar-refractivity contribution >= 4 is 34.4 Å². The summed E-state index contributed by atoms with van der Waals surface area (Å²) >= 11 is 1.38. The zero-order chi connectivity index (χ0) is 20.8. The highest BCUT2D eigenvalue weighted by atomic mass is 32.2. The minimum absolute atomic E-state index is 0.0913. The van der Waals surface area contributed by atoms with Crippen molar-refractivity contribution in [1.29, 1.82) is 5.26 Å². The first-order valence-corrected chi connectivity index (χ1v) is 10.6. The van der Waals surface area contributed by atoms with Gasteiger partial charge in [-0.15, -0.1) is 0 Å². The van der Waals surface area contributed by atoms with Gasteiger partial charge >= 0.3 is 0 Å². The molecular weight excluding hydrogens is 392 g/mol. The van der Waals surface area contributed by atoms with E-state index in [2.05, 4.69) is 28.5 Å². The molecule has 0 bridgehead atoms. The summed E-state index contributed by atoms with van der Waals surface area (Å²) in [6.07, 6.45) is 0.397. The normalized spacial score (nSPS) is 10.6. The van der Waals surface area contributed by atoms with Crippen LogP contribution in [0.15, 0.2) is 84.0 Å². The van der Waals surface area contributed by atoms with Crippen molar-refractivity contribution in [1.82, 2.24) is 9.55 Å². The van der Waals surface area contributed by atoms with Crippen LogP contribution in [-0.2, 0) is 11.3 Å². The summed E-state index contributed by atoms with van der Waals surface area (Å²) in [6, 6.07) is 27.9. The summed E-state index contributed by atoms with van der Waals surface area (Å²) < 4.78 is 2.01. The molecule has 0 saturated carbocycles. The van der Waals surface area contributed by atoms with Gasteiger partial charge in [-0.1, -0.05) is 66.4 Å². The summed E-state index contributed by atoms with van der Waals surface area (Å²) in [7, 11) is 0. The van der Waals surface area contributed by atoms with Crippen LogP contribution in [0.3, 0.4) is 0 Å². The molecule has 6 heteroatoms. The van der Waals surface area contributed by atoms with Crippen LogP contribution in [0.2, 0.25) is 0 Å². The first kappa shape index (κ1) is 19.7. The fourth-order valence-corrected chi connectivity index (χ4v) is 4.09. The zero-order valence-electron chi connectivity index (χ0n) is 16.3. The van der Waals surface area contributed by atoms with E-state index in [1.165, 1.54) is 11.8 Å². The average Bonchev–Trinajstić information content (AvgIpc) is 3.15. The first-order valence-electron chi connectivity index (χ1n) is 9.65. The lowest BCUT2D eigenvalue weighted by atomic mass is 10.1. The summed E-state index contributed by atoms with van der Waals surface area (Å²) in [6.45, 7) is 0.557. The van der Waals surface area contributed by atoms with Gasteiger partial charge in [-0.2, -0.15) is 5.26 Å². The van der Waals surface area contributed by atoms with Gasteiger partial charge in [0.05, 0.1) is 29.3 Å². The summed E-state index contributed by atoms with van der Waals surface area (Å²) in [5.74, 6) is 0.155.